The second kappa shape index (κ2) is 6.05. The van der Waals surface area contributed by atoms with Crippen molar-refractivity contribution in [2.45, 2.75) is 32.2 Å². The van der Waals surface area contributed by atoms with Crippen molar-refractivity contribution in [2.75, 3.05) is 19.6 Å². The number of aryl methyl sites for hydroxylation is 1. The molecule has 0 radical (unpaired) electrons. The molecule has 1 aliphatic heterocycles. The topological polar surface area (TPSA) is 34.0 Å². The van der Waals surface area contributed by atoms with Gasteiger partial charge in [-0.15, -0.1) is 0 Å². The van der Waals surface area contributed by atoms with Crippen LogP contribution in [0.3, 0.4) is 0 Å². The predicted molar refractivity (Wildman–Crippen MR) is 89.9 cm³/mol. The fourth-order valence-corrected chi connectivity index (χ4v) is 3.63. The highest BCUT2D eigenvalue weighted by molar-refractivity contribution is 6.06. The summed E-state index contributed by atoms with van der Waals surface area (Å²) in [6.07, 6.45) is 11.0. The van der Waals surface area contributed by atoms with Crippen LogP contribution in [0.4, 0.5) is 0 Å². The van der Waals surface area contributed by atoms with E-state index in [1.165, 1.54) is 61.6 Å². The lowest BCUT2D eigenvalue weighted by atomic mass is 10.1. The number of likely N-dealkylation sites (tertiary alicyclic amines) is 1. The van der Waals surface area contributed by atoms with E-state index in [4.69, 9.17) is 0 Å². The molecule has 4 nitrogen and oxygen atoms in total. The lowest BCUT2D eigenvalue weighted by molar-refractivity contribution is 0.223. The summed E-state index contributed by atoms with van der Waals surface area (Å²) in [6.45, 7) is 4.77. The number of hydrogen-bond donors (Lipinski definition) is 0. The van der Waals surface area contributed by atoms with Gasteiger partial charge < -0.3 is 9.47 Å². The van der Waals surface area contributed by atoms with Crippen LogP contribution in [-0.2, 0) is 6.54 Å². The normalized spacial score (nSPS) is 16.5. The van der Waals surface area contributed by atoms with Gasteiger partial charge in [0, 0.05) is 35.9 Å². The van der Waals surface area contributed by atoms with Crippen LogP contribution in [0.1, 0.15) is 25.7 Å². The van der Waals surface area contributed by atoms with E-state index in [-0.39, 0.29) is 0 Å². The van der Waals surface area contributed by atoms with Crippen LogP contribution >= 0.6 is 0 Å². The average Bonchev–Trinajstić information content (AvgIpc) is 2.91. The minimum absolute atomic E-state index is 1.03. The van der Waals surface area contributed by atoms with E-state index in [0.717, 1.165) is 12.2 Å². The van der Waals surface area contributed by atoms with Crippen LogP contribution in [-0.4, -0.2) is 39.1 Å². The first-order valence-electron chi connectivity index (χ1n) is 8.33. The van der Waals surface area contributed by atoms with Gasteiger partial charge in [0.25, 0.3) is 0 Å². The number of pyridine rings is 2. The Morgan fingerprint density at radius 2 is 1.86 bits per heavy atom. The monoisotopic (exact) mass is 294 g/mol. The van der Waals surface area contributed by atoms with E-state index >= 15 is 0 Å². The Morgan fingerprint density at radius 3 is 2.77 bits per heavy atom. The van der Waals surface area contributed by atoms with Crippen molar-refractivity contribution in [3.63, 3.8) is 0 Å². The summed E-state index contributed by atoms with van der Waals surface area (Å²) in [6, 6.07) is 6.26. The van der Waals surface area contributed by atoms with Crippen molar-refractivity contribution >= 4 is 21.9 Å². The first-order chi connectivity index (χ1) is 10.9. The number of rotatable bonds is 4. The molecule has 0 atom stereocenters. The minimum Gasteiger partial charge on any atom is -0.325 e. The molecule has 22 heavy (non-hydrogen) atoms. The standard InChI is InChI=1S/C18H22N4/c1-2-10-21(11-3-1)12-5-13-22-17-7-9-19-14-16(17)15-6-4-8-20-18(15)22/h4,6-9,14H,1-3,5,10-13H2. The highest BCUT2D eigenvalue weighted by Gasteiger charge is 2.13. The molecule has 0 aliphatic carbocycles. The van der Waals surface area contributed by atoms with Crippen LogP contribution < -0.4 is 0 Å². The van der Waals surface area contributed by atoms with E-state index < -0.39 is 0 Å². The van der Waals surface area contributed by atoms with Crippen LogP contribution in [0.2, 0.25) is 0 Å². The summed E-state index contributed by atoms with van der Waals surface area (Å²) in [4.78, 5) is 11.5. The number of nitrogens with zero attached hydrogens (tertiary/aromatic N) is 4. The molecule has 0 bridgehead atoms. The van der Waals surface area contributed by atoms with Gasteiger partial charge >= 0.3 is 0 Å². The molecule has 3 aromatic heterocycles. The maximum atomic E-state index is 4.61. The van der Waals surface area contributed by atoms with Gasteiger partial charge in [0.15, 0.2) is 0 Å². The molecule has 4 rings (SSSR count). The number of fused-ring (bicyclic) bond motifs is 3. The molecule has 1 fully saturated rings. The van der Waals surface area contributed by atoms with Crippen molar-refractivity contribution in [2.24, 2.45) is 0 Å². The zero-order valence-corrected chi connectivity index (χ0v) is 12.9. The zero-order valence-electron chi connectivity index (χ0n) is 12.9. The summed E-state index contributed by atoms with van der Waals surface area (Å²) >= 11 is 0. The Bertz CT molecular complexity index is 718. The summed E-state index contributed by atoms with van der Waals surface area (Å²) in [5.74, 6) is 0. The van der Waals surface area contributed by atoms with Gasteiger partial charge in [-0.3, -0.25) is 4.98 Å². The van der Waals surface area contributed by atoms with E-state index in [1.807, 2.05) is 24.7 Å². The Balaban J connectivity index is 1.59. The summed E-state index contributed by atoms with van der Waals surface area (Å²) in [7, 11) is 0. The molecule has 0 unspecified atom stereocenters. The smallest absolute Gasteiger partial charge is 0.140 e. The molecule has 0 amide bonds. The molecular weight excluding hydrogens is 272 g/mol. The summed E-state index contributed by atoms with van der Waals surface area (Å²) in [5, 5.41) is 2.42. The van der Waals surface area contributed by atoms with Crippen LogP contribution in [0.5, 0.6) is 0 Å². The highest BCUT2D eigenvalue weighted by atomic mass is 15.1. The molecule has 1 aliphatic rings. The number of piperidine rings is 1. The Morgan fingerprint density at radius 1 is 0.955 bits per heavy atom. The lowest BCUT2D eigenvalue weighted by Crippen LogP contribution is -2.31. The second-order valence-electron chi connectivity index (χ2n) is 6.17. The first kappa shape index (κ1) is 13.7. The molecule has 0 aromatic carbocycles. The Labute approximate surface area is 130 Å². The van der Waals surface area contributed by atoms with Crippen molar-refractivity contribution in [3.05, 3.63) is 36.8 Å². The Hall–Kier alpha value is -1.94. The fraction of sp³-hybridized carbons (Fsp3) is 0.444. The summed E-state index contributed by atoms with van der Waals surface area (Å²) in [5.41, 5.74) is 2.34. The van der Waals surface area contributed by atoms with Gasteiger partial charge in [-0.1, -0.05) is 6.42 Å². The van der Waals surface area contributed by atoms with Crippen LogP contribution in [0.15, 0.2) is 36.8 Å². The largest absolute Gasteiger partial charge is 0.325 e. The molecule has 3 aromatic rings. The van der Waals surface area contributed by atoms with Crippen molar-refractivity contribution in [3.8, 4) is 0 Å². The van der Waals surface area contributed by atoms with Gasteiger partial charge in [-0.25, -0.2) is 4.98 Å². The van der Waals surface area contributed by atoms with Crippen molar-refractivity contribution < 1.29 is 0 Å². The molecule has 0 N–H and O–H groups in total. The van der Waals surface area contributed by atoms with Gasteiger partial charge in [-0.05, 0) is 57.1 Å². The number of hydrogen-bond acceptors (Lipinski definition) is 3. The summed E-state index contributed by atoms with van der Waals surface area (Å²) < 4.78 is 2.36. The van der Waals surface area contributed by atoms with Crippen molar-refractivity contribution in [1.29, 1.82) is 0 Å². The van der Waals surface area contributed by atoms with E-state index in [2.05, 4.69) is 31.6 Å². The second-order valence-corrected chi connectivity index (χ2v) is 6.17. The van der Waals surface area contributed by atoms with E-state index in [9.17, 15) is 0 Å². The van der Waals surface area contributed by atoms with Gasteiger partial charge in [-0.2, -0.15) is 0 Å². The zero-order chi connectivity index (χ0) is 14.8. The molecule has 0 spiro atoms. The lowest BCUT2D eigenvalue weighted by Gasteiger charge is -2.26. The molecule has 1 saturated heterocycles. The van der Waals surface area contributed by atoms with Crippen molar-refractivity contribution in [1.82, 2.24) is 19.4 Å². The maximum absolute atomic E-state index is 4.61. The average molecular weight is 294 g/mol. The Kier molecular flexibility index (Phi) is 3.77. The third-order valence-corrected chi connectivity index (χ3v) is 4.73. The van der Waals surface area contributed by atoms with E-state index in [0.29, 0.717) is 0 Å². The van der Waals surface area contributed by atoms with Gasteiger partial charge in [0.1, 0.15) is 5.65 Å². The van der Waals surface area contributed by atoms with Crippen LogP contribution in [0, 0.1) is 0 Å². The molecule has 114 valence electrons. The number of aromatic nitrogens is 3. The van der Waals surface area contributed by atoms with Gasteiger partial charge in [0.05, 0.1) is 5.52 Å². The van der Waals surface area contributed by atoms with Gasteiger partial charge in [0.2, 0.25) is 0 Å². The SMILES string of the molecule is c1cnc2c(c1)c1cnccc1n2CCCN1CCCCC1. The first-order valence-corrected chi connectivity index (χ1v) is 8.33. The third kappa shape index (κ3) is 2.48. The van der Waals surface area contributed by atoms with E-state index in [1.54, 1.807) is 0 Å². The fourth-order valence-electron chi connectivity index (χ4n) is 3.63. The van der Waals surface area contributed by atoms with Crippen LogP contribution in [0.25, 0.3) is 21.9 Å². The maximum Gasteiger partial charge on any atom is 0.140 e. The third-order valence-electron chi connectivity index (χ3n) is 4.73. The molecule has 4 heteroatoms. The minimum atomic E-state index is 1.03. The predicted octanol–water partition coefficient (Wildman–Crippen LogP) is 3.46. The quantitative estimate of drug-likeness (QED) is 0.739. The highest BCUT2D eigenvalue weighted by Crippen LogP contribution is 2.26. The molecule has 4 heterocycles. The molecule has 0 saturated carbocycles. The molecular formula is C18H22N4.